The van der Waals surface area contributed by atoms with Crippen molar-refractivity contribution in [2.75, 3.05) is 23.3 Å². The molecule has 1 N–H and O–H groups in total. The van der Waals surface area contributed by atoms with Gasteiger partial charge in [-0.25, -0.2) is 9.97 Å². The van der Waals surface area contributed by atoms with Crippen molar-refractivity contribution in [1.29, 1.82) is 0 Å². The Bertz CT molecular complexity index is 692. The number of anilines is 2. The number of amides is 1. The molecule has 1 aliphatic heterocycles. The van der Waals surface area contributed by atoms with Crippen molar-refractivity contribution in [2.45, 2.75) is 19.8 Å². The third-order valence-corrected chi connectivity index (χ3v) is 4.92. The van der Waals surface area contributed by atoms with Crippen molar-refractivity contribution in [3.63, 3.8) is 0 Å². The lowest BCUT2D eigenvalue weighted by Gasteiger charge is -2.31. The van der Waals surface area contributed by atoms with Crippen LogP contribution in [0.4, 0.5) is 11.6 Å². The van der Waals surface area contributed by atoms with E-state index in [2.05, 4.69) is 36.1 Å². The zero-order chi connectivity index (χ0) is 16.2. The number of carbonyl (C=O) groups is 1. The number of aromatic nitrogens is 2. The highest BCUT2D eigenvalue weighted by atomic mass is 79.9. The first kappa shape index (κ1) is 15.9. The summed E-state index contributed by atoms with van der Waals surface area (Å²) in [5, 5.41) is 3.02. The fourth-order valence-corrected chi connectivity index (χ4v) is 3.12. The molecule has 1 atom stereocenters. The van der Waals surface area contributed by atoms with Crippen molar-refractivity contribution >= 4 is 33.5 Å². The molecule has 120 valence electrons. The SMILES string of the molecule is Cc1ccc(NC(=O)C2CCCN(c3ncccn3)C2)cc1Br. The molecule has 0 saturated carbocycles. The van der Waals surface area contributed by atoms with E-state index in [0.29, 0.717) is 12.5 Å². The molecular formula is C17H19BrN4O. The van der Waals surface area contributed by atoms with Crippen molar-refractivity contribution in [2.24, 2.45) is 5.92 Å². The van der Waals surface area contributed by atoms with E-state index in [1.165, 1.54) is 0 Å². The van der Waals surface area contributed by atoms with E-state index in [1.807, 2.05) is 25.1 Å². The van der Waals surface area contributed by atoms with E-state index >= 15 is 0 Å². The topological polar surface area (TPSA) is 58.1 Å². The predicted octanol–water partition coefficient (Wildman–Crippen LogP) is 3.40. The molecule has 3 rings (SSSR count). The van der Waals surface area contributed by atoms with Gasteiger partial charge in [-0.05, 0) is 43.5 Å². The maximum Gasteiger partial charge on any atom is 0.229 e. The zero-order valence-electron chi connectivity index (χ0n) is 13.0. The van der Waals surface area contributed by atoms with Crippen LogP contribution < -0.4 is 10.2 Å². The average molecular weight is 375 g/mol. The van der Waals surface area contributed by atoms with Crippen molar-refractivity contribution in [1.82, 2.24) is 9.97 Å². The van der Waals surface area contributed by atoms with Crippen LogP contribution in [0, 0.1) is 12.8 Å². The van der Waals surface area contributed by atoms with E-state index in [1.54, 1.807) is 18.5 Å². The Morgan fingerprint density at radius 1 is 1.35 bits per heavy atom. The van der Waals surface area contributed by atoms with Gasteiger partial charge in [-0.15, -0.1) is 0 Å². The minimum atomic E-state index is -0.0485. The van der Waals surface area contributed by atoms with E-state index in [4.69, 9.17) is 0 Å². The summed E-state index contributed by atoms with van der Waals surface area (Å²) < 4.78 is 0.998. The van der Waals surface area contributed by atoms with Gasteiger partial charge in [0.2, 0.25) is 11.9 Å². The molecule has 1 fully saturated rings. The Labute approximate surface area is 144 Å². The highest BCUT2D eigenvalue weighted by Crippen LogP contribution is 2.24. The van der Waals surface area contributed by atoms with Crippen LogP contribution >= 0.6 is 15.9 Å². The molecule has 1 saturated heterocycles. The normalized spacial score (nSPS) is 17.8. The quantitative estimate of drug-likeness (QED) is 0.894. The minimum Gasteiger partial charge on any atom is -0.340 e. The summed E-state index contributed by atoms with van der Waals surface area (Å²) in [6.07, 6.45) is 5.32. The van der Waals surface area contributed by atoms with Crippen molar-refractivity contribution in [3.8, 4) is 0 Å². The first-order valence-corrected chi connectivity index (χ1v) is 8.52. The van der Waals surface area contributed by atoms with E-state index in [-0.39, 0.29) is 11.8 Å². The van der Waals surface area contributed by atoms with Gasteiger partial charge in [0, 0.05) is 35.6 Å². The molecule has 5 nitrogen and oxygen atoms in total. The van der Waals surface area contributed by atoms with Crippen LogP contribution in [0.1, 0.15) is 18.4 Å². The summed E-state index contributed by atoms with van der Waals surface area (Å²) in [5.41, 5.74) is 1.97. The average Bonchev–Trinajstić information content (AvgIpc) is 2.59. The summed E-state index contributed by atoms with van der Waals surface area (Å²) in [7, 11) is 0. The number of halogens is 1. The van der Waals surface area contributed by atoms with E-state index in [0.717, 1.165) is 35.1 Å². The first-order valence-electron chi connectivity index (χ1n) is 7.72. The molecule has 1 aromatic heterocycles. The maximum atomic E-state index is 12.5. The van der Waals surface area contributed by atoms with Crippen LogP contribution in [0.15, 0.2) is 41.1 Å². The highest BCUT2D eigenvalue weighted by molar-refractivity contribution is 9.10. The third kappa shape index (κ3) is 3.88. The summed E-state index contributed by atoms with van der Waals surface area (Å²) in [4.78, 5) is 23.2. The molecular weight excluding hydrogens is 356 g/mol. The molecule has 1 aliphatic rings. The van der Waals surface area contributed by atoms with Gasteiger partial charge in [0.25, 0.3) is 0 Å². The van der Waals surface area contributed by atoms with Crippen LogP contribution in [0.25, 0.3) is 0 Å². The van der Waals surface area contributed by atoms with Gasteiger partial charge < -0.3 is 10.2 Å². The Balaban J connectivity index is 1.66. The largest absolute Gasteiger partial charge is 0.340 e. The molecule has 1 aromatic carbocycles. The lowest BCUT2D eigenvalue weighted by molar-refractivity contribution is -0.120. The fourth-order valence-electron chi connectivity index (χ4n) is 2.74. The Morgan fingerprint density at radius 2 is 2.13 bits per heavy atom. The van der Waals surface area contributed by atoms with Gasteiger partial charge in [0.15, 0.2) is 0 Å². The number of rotatable bonds is 3. The second kappa shape index (κ2) is 7.08. The molecule has 23 heavy (non-hydrogen) atoms. The molecule has 2 aromatic rings. The molecule has 0 aliphatic carbocycles. The van der Waals surface area contributed by atoms with Gasteiger partial charge in [0.05, 0.1) is 5.92 Å². The number of nitrogens with zero attached hydrogens (tertiary/aromatic N) is 3. The van der Waals surface area contributed by atoms with Crippen LogP contribution in [-0.4, -0.2) is 29.0 Å². The number of nitrogens with one attached hydrogen (secondary N) is 1. The Morgan fingerprint density at radius 3 is 2.87 bits per heavy atom. The lowest BCUT2D eigenvalue weighted by Crippen LogP contribution is -2.41. The minimum absolute atomic E-state index is 0.0485. The van der Waals surface area contributed by atoms with Crippen LogP contribution in [0.2, 0.25) is 0 Å². The van der Waals surface area contributed by atoms with Gasteiger partial charge in [-0.2, -0.15) is 0 Å². The standard InChI is InChI=1S/C17H19BrN4O/c1-12-5-6-14(10-15(12)18)21-16(23)13-4-2-9-22(11-13)17-19-7-3-8-20-17/h3,5-8,10,13H,2,4,9,11H2,1H3,(H,21,23). The molecule has 6 heteroatoms. The van der Waals surface area contributed by atoms with Crippen LogP contribution in [0.5, 0.6) is 0 Å². The predicted molar refractivity (Wildman–Crippen MR) is 94.5 cm³/mol. The second-order valence-electron chi connectivity index (χ2n) is 5.79. The Hall–Kier alpha value is -1.95. The Kier molecular flexibility index (Phi) is 4.91. The van der Waals surface area contributed by atoms with Gasteiger partial charge in [0.1, 0.15) is 0 Å². The van der Waals surface area contributed by atoms with Crippen LogP contribution in [0.3, 0.4) is 0 Å². The van der Waals surface area contributed by atoms with Crippen molar-refractivity contribution in [3.05, 3.63) is 46.7 Å². The smallest absolute Gasteiger partial charge is 0.229 e. The summed E-state index contributed by atoms with van der Waals surface area (Å²) >= 11 is 3.50. The monoisotopic (exact) mass is 374 g/mol. The summed E-state index contributed by atoms with van der Waals surface area (Å²) in [6.45, 7) is 3.57. The molecule has 0 radical (unpaired) electrons. The number of carbonyl (C=O) groups excluding carboxylic acids is 1. The number of benzene rings is 1. The van der Waals surface area contributed by atoms with Crippen LogP contribution in [-0.2, 0) is 4.79 Å². The second-order valence-corrected chi connectivity index (χ2v) is 6.64. The molecule has 0 spiro atoms. The molecule has 0 bridgehead atoms. The van der Waals surface area contributed by atoms with E-state index in [9.17, 15) is 4.79 Å². The zero-order valence-corrected chi connectivity index (χ0v) is 14.6. The van der Waals surface area contributed by atoms with Gasteiger partial charge >= 0.3 is 0 Å². The first-order chi connectivity index (χ1) is 11.1. The molecule has 1 unspecified atom stereocenters. The van der Waals surface area contributed by atoms with E-state index < -0.39 is 0 Å². The molecule has 1 amide bonds. The molecule has 2 heterocycles. The summed E-state index contributed by atoms with van der Waals surface area (Å²) in [6, 6.07) is 7.66. The van der Waals surface area contributed by atoms with Gasteiger partial charge in [-0.1, -0.05) is 22.0 Å². The summed E-state index contributed by atoms with van der Waals surface area (Å²) in [5.74, 6) is 0.706. The number of hydrogen-bond acceptors (Lipinski definition) is 4. The maximum absolute atomic E-state index is 12.5. The lowest BCUT2D eigenvalue weighted by atomic mass is 9.97. The van der Waals surface area contributed by atoms with Crippen molar-refractivity contribution < 1.29 is 4.79 Å². The third-order valence-electron chi connectivity index (χ3n) is 4.07. The fraction of sp³-hybridized carbons (Fsp3) is 0.353. The number of hydrogen-bond donors (Lipinski definition) is 1. The van der Waals surface area contributed by atoms with Gasteiger partial charge in [-0.3, -0.25) is 4.79 Å². The highest BCUT2D eigenvalue weighted by Gasteiger charge is 2.27. The number of piperidine rings is 1. The number of aryl methyl sites for hydroxylation is 1.